The SMILES string of the molecule is CC.CC/C=C\C(=C/CC)n1nc(C2(C)CCCNCC2)cc1NC.O=Cc1cnn2c1N=CCC=C2. The van der Waals surface area contributed by atoms with Crippen LogP contribution in [0.1, 0.15) is 89.2 Å². The first-order chi connectivity index (χ1) is 18.1. The van der Waals surface area contributed by atoms with Gasteiger partial charge in [0.2, 0.25) is 0 Å². The Morgan fingerprint density at radius 3 is 2.73 bits per heavy atom. The van der Waals surface area contributed by atoms with E-state index < -0.39 is 0 Å². The standard InChI is InChI=1S/C19H32N4.C8H7N3O.C2H6/c1-5-7-10-16(9-6-2)23-18(20-4)15-17(22-23)19(3)11-8-13-21-14-12-19;12-6-7-5-10-11-4-2-1-3-9-8(7)11;1-2/h7,9-10,15,20-21H,5-6,8,11-14H2,1-4H3;2-6H,1H2;1-2H3/b10-7-,16-9+;;. The molecule has 2 aliphatic heterocycles. The fourth-order valence-corrected chi connectivity index (χ4v) is 4.25. The molecule has 1 saturated heterocycles. The van der Waals surface area contributed by atoms with Gasteiger partial charge in [0.15, 0.2) is 12.1 Å². The fourth-order valence-electron chi connectivity index (χ4n) is 4.25. The third kappa shape index (κ3) is 8.12. The van der Waals surface area contributed by atoms with E-state index in [1.54, 1.807) is 17.1 Å². The second-order valence-electron chi connectivity index (χ2n) is 9.01. The van der Waals surface area contributed by atoms with Crippen LogP contribution in [-0.4, -0.2) is 52.2 Å². The van der Waals surface area contributed by atoms with Gasteiger partial charge in [0.05, 0.1) is 23.2 Å². The molecule has 2 aromatic rings. The first-order valence-corrected chi connectivity index (χ1v) is 13.6. The molecule has 0 radical (unpaired) electrons. The lowest BCUT2D eigenvalue weighted by molar-refractivity contribution is 0.112. The number of nitrogens with one attached hydrogen (secondary N) is 2. The van der Waals surface area contributed by atoms with Crippen molar-refractivity contribution in [2.45, 2.75) is 78.6 Å². The van der Waals surface area contributed by atoms with Crippen LogP contribution in [-0.2, 0) is 5.41 Å². The van der Waals surface area contributed by atoms with E-state index in [1.165, 1.54) is 24.7 Å². The highest BCUT2D eigenvalue weighted by Crippen LogP contribution is 2.35. The zero-order valence-corrected chi connectivity index (χ0v) is 23.5. The minimum atomic E-state index is 0.159. The Bertz CT molecular complexity index is 1080. The molecule has 8 heteroatoms. The lowest BCUT2D eigenvalue weighted by atomic mass is 9.80. The van der Waals surface area contributed by atoms with Crippen LogP contribution in [0.3, 0.4) is 0 Å². The Kier molecular flexibility index (Phi) is 12.8. The van der Waals surface area contributed by atoms with Gasteiger partial charge in [-0.3, -0.25) is 4.79 Å². The van der Waals surface area contributed by atoms with Gasteiger partial charge >= 0.3 is 0 Å². The summed E-state index contributed by atoms with van der Waals surface area (Å²) >= 11 is 0. The lowest BCUT2D eigenvalue weighted by Crippen LogP contribution is -2.24. The summed E-state index contributed by atoms with van der Waals surface area (Å²) in [5.41, 5.74) is 3.04. The topological polar surface area (TPSA) is 89.1 Å². The number of carbonyl (C=O) groups excluding carboxylic acids is 1. The van der Waals surface area contributed by atoms with E-state index in [2.05, 4.69) is 70.5 Å². The number of aliphatic imine (C=N–C) groups is 1. The molecule has 2 N–H and O–H groups in total. The molecule has 0 saturated carbocycles. The molecule has 0 spiro atoms. The van der Waals surface area contributed by atoms with E-state index in [-0.39, 0.29) is 5.41 Å². The normalized spacial score (nSPS) is 19.1. The summed E-state index contributed by atoms with van der Waals surface area (Å²) in [5, 5.41) is 15.8. The van der Waals surface area contributed by atoms with Crippen LogP contribution in [0.25, 0.3) is 11.9 Å². The summed E-state index contributed by atoms with van der Waals surface area (Å²) in [4.78, 5) is 14.6. The molecular weight excluding hydrogens is 462 g/mol. The summed E-state index contributed by atoms with van der Waals surface area (Å²) in [6.45, 7) is 12.9. The molecule has 0 aromatic carbocycles. The zero-order chi connectivity index (χ0) is 27.1. The van der Waals surface area contributed by atoms with Gasteiger partial charge in [-0.25, -0.2) is 14.4 Å². The van der Waals surface area contributed by atoms with Crippen molar-refractivity contribution < 1.29 is 4.79 Å². The molecular formula is C29H45N7O. The molecule has 4 heterocycles. The molecule has 0 amide bonds. The van der Waals surface area contributed by atoms with Gasteiger partial charge in [-0.05, 0) is 51.3 Å². The highest BCUT2D eigenvalue weighted by Gasteiger charge is 2.31. The molecule has 2 aromatic heterocycles. The zero-order valence-electron chi connectivity index (χ0n) is 23.5. The quantitative estimate of drug-likeness (QED) is 0.331. The maximum absolute atomic E-state index is 10.5. The third-order valence-corrected chi connectivity index (χ3v) is 6.33. The Morgan fingerprint density at radius 2 is 2.03 bits per heavy atom. The predicted octanol–water partition coefficient (Wildman–Crippen LogP) is 6.47. The number of allylic oxidation sites excluding steroid dienone is 5. The van der Waals surface area contributed by atoms with E-state index in [1.807, 2.05) is 27.0 Å². The monoisotopic (exact) mass is 507 g/mol. The van der Waals surface area contributed by atoms with Gasteiger partial charge in [0.1, 0.15) is 5.82 Å². The van der Waals surface area contributed by atoms with Crippen molar-refractivity contribution in [2.75, 3.05) is 25.5 Å². The van der Waals surface area contributed by atoms with E-state index in [0.29, 0.717) is 11.4 Å². The number of aromatic nitrogens is 4. The van der Waals surface area contributed by atoms with Crippen molar-refractivity contribution in [3.8, 4) is 0 Å². The number of fused-ring (bicyclic) bond motifs is 1. The second kappa shape index (κ2) is 15.8. The Morgan fingerprint density at radius 1 is 1.22 bits per heavy atom. The fraction of sp³-hybridized carbons (Fsp3) is 0.517. The van der Waals surface area contributed by atoms with Crippen LogP contribution in [0.2, 0.25) is 0 Å². The number of rotatable bonds is 7. The average Bonchev–Trinajstić information content (AvgIpc) is 3.37. The predicted molar refractivity (Wildman–Crippen MR) is 157 cm³/mol. The van der Waals surface area contributed by atoms with Crippen molar-refractivity contribution in [1.29, 1.82) is 0 Å². The number of nitrogens with zero attached hydrogens (tertiary/aromatic N) is 5. The molecule has 2 aliphatic rings. The maximum Gasteiger partial charge on any atom is 0.165 e. The summed E-state index contributed by atoms with van der Waals surface area (Å²) in [5.74, 6) is 1.68. The molecule has 8 nitrogen and oxygen atoms in total. The number of aldehydes is 1. The molecule has 0 aliphatic carbocycles. The molecule has 4 rings (SSSR count). The van der Waals surface area contributed by atoms with Crippen molar-refractivity contribution >= 4 is 36.0 Å². The first-order valence-electron chi connectivity index (χ1n) is 13.6. The number of anilines is 1. The highest BCUT2D eigenvalue weighted by atomic mass is 16.1. The van der Waals surface area contributed by atoms with Gasteiger partial charge in [-0.1, -0.05) is 52.8 Å². The Hall–Kier alpha value is -3.26. The van der Waals surface area contributed by atoms with Gasteiger partial charge in [-0.2, -0.15) is 10.2 Å². The summed E-state index contributed by atoms with van der Waals surface area (Å²) in [6.07, 6.45) is 20.7. The lowest BCUT2D eigenvalue weighted by Gasteiger charge is -2.25. The molecule has 202 valence electrons. The number of hydrogen-bond acceptors (Lipinski definition) is 6. The molecule has 1 unspecified atom stereocenters. The van der Waals surface area contributed by atoms with E-state index in [9.17, 15) is 4.79 Å². The van der Waals surface area contributed by atoms with E-state index in [0.717, 1.165) is 56.6 Å². The summed E-state index contributed by atoms with van der Waals surface area (Å²) < 4.78 is 3.65. The van der Waals surface area contributed by atoms with Gasteiger partial charge in [0, 0.05) is 37.4 Å². The van der Waals surface area contributed by atoms with Crippen LogP contribution < -0.4 is 10.6 Å². The summed E-state index contributed by atoms with van der Waals surface area (Å²) in [7, 11) is 1.97. The summed E-state index contributed by atoms with van der Waals surface area (Å²) in [6, 6.07) is 2.23. The van der Waals surface area contributed by atoms with Crippen molar-refractivity contribution in [3.05, 3.63) is 47.8 Å². The molecule has 0 bridgehead atoms. The van der Waals surface area contributed by atoms with Crippen LogP contribution in [0.5, 0.6) is 0 Å². The van der Waals surface area contributed by atoms with Gasteiger partial charge in [-0.15, -0.1) is 0 Å². The molecule has 1 atom stereocenters. The van der Waals surface area contributed by atoms with Crippen LogP contribution in [0.4, 0.5) is 11.6 Å². The third-order valence-electron chi connectivity index (χ3n) is 6.33. The van der Waals surface area contributed by atoms with E-state index in [4.69, 9.17) is 5.10 Å². The minimum Gasteiger partial charge on any atom is -0.373 e. The molecule has 37 heavy (non-hydrogen) atoms. The Balaban J connectivity index is 0.000000287. The molecule has 1 fully saturated rings. The van der Waals surface area contributed by atoms with Crippen LogP contribution >= 0.6 is 0 Å². The van der Waals surface area contributed by atoms with Crippen molar-refractivity contribution in [2.24, 2.45) is 4.99 Å². The minimum absolute atomic E-state index is 0.159. The maximum atomic E-state index is 10.5. The average molecular weight is 508 g/mol. The number of carbonyl (C=O) groups is 1. The Labute approximate surface area is 222 Å². The van der Waals surface area contributed by atoms with Crippen LogP contribution in [0.15, 0.2) is 41.6 Å². The first kappa shape index (κ1) is 30.0. The second-order valence-corrected chi connectivity index (χ2v) is 9.01. The largest absolute Gasteiger partial charge is 0.373 e. The number of hydrogen-bond donors (Lipinski definition) is 2. The van der Waals surface area contributed by atoms with Gasteiger partial charge < -0.3 is 10.6 Å². The van der Waals surface area contributed by atoms with Gasteiger partial charge in [0.25, 0.3) is 0 Å². The smallest absolute Gasteiger partial charge is 0.165 e. The van der Waals surface area contributed by atoms with Crippen molar-refractivity contribution in [1.82, 2.24) is 24.9 Å². The van der Waals surface area contributed by atoms with Crippen LogP contribution in [0, 0.1) is 0 Å². The highest BCUT2D eigenvalue weighted by molar-refractivity contribution is 5.84. The van der Waals surface area contributed by atoms with E-state index >= 15 is 0 Å². The van der Waals surface area contributed by atoms with Crippen molar-refractivity contribution in [3.63, 3.8) is 0 Å².